The van der Waals surface area contributed by atoms with Crippen LogP contribution < -0.4 is 11.2 Å². The van der Waals surface area contributed by atoms with Crippen LogP contribution in [0.1, 0.15) is 43.9 Å². The zero-order valence-electron chi connectivity index (χ0n) is 24.4. The van der Waals surface area contributed by atoms with Crippen LogP contribution in [0.2, 0.25) is 0 Å². The molecule has 226 valence electrons. The van der Waals surface area contributed by atoms with E-state index >= 15 is 0 Å². The fourth-order valence-electron chi connectivity index (χ4n) is 4.40. The molecule has 0 fully saturated rings. The number of halogens is 3. The number of aliphatic hydroxyl groups excluding tert-OH is 1. The van der Waals surface area contributed by atoms with E-state index < -0.39 is 41.8 Å². The zero-order chi connectivity index (χ0) is 32.5. The van der Waals surface area contributed by atoms with E-state index in [4.69, 9.17) is 10.7 Å². The second kappa shape index (κ2) is 18.9. The van der Waals surface area contributed by atoms with Gasteiger partial charge in [0.05, 0.1) is 30.4 Å². The molecule has 0 aliphatic carbocycles. The topological polar surface area (TPSA) is 118 Å². The lowest BCUT2D eigenvalue weighted by atomic mass is 9.83. The molecule has 0 bridgehead atoms. The van der Waals surface area contributed by atoms with Crippen LogP contribution in [0.25, 0.3) is 0 Å². The number of nitrogens with one attached hydrogen (secondary N) is 1. The maximum atomic E-state index is 14.7. The van der Waals surface area contributed by atoms with Crippen LogP contribution in [0.5, 0.6) is 0 Å². The Morgan fingerprint density at radius 3 is 2.38 bits per heavy atom. The summed E-state index contributed by atoms with van der Waals surface area (Å²) < 4.78 is 38.2. The van der Waals surface area contributed by atoms with Gasteiger partial charge in [0.15, 0.2) is 0 Å². The number of aliphatic hydroxyl groups is 1. The molecular weight excluding hydrogens is 545 g/mol. The van der Waals surface area contributed by atoms with Crippen molar-refractivity contribution in [3.63, 3.8) is 0 Å². The highest BCUT2D eigenvalue weighted by atomic mass is 19.1. The second-order valence-electron chi connectivity index (χ2n) is 9.77. The summed E-state index contributed by atoms with van der Waals surface area (Å²) in [5, 5.41) is 20.8. The third kappa shape index (κ3) is 10.2. The Kier molecular flexibility index (Phi) is 17.0. The van der Waals surface area contributed by atoms with Gasteiger partial charge in [0.2, 0.25) is 5.91 Å². The number of hydrogen-bond donors (Lipinski definition) is 3. The van der Waals surface area contributed by atoms with E-state index in [1.807, 2.05) is 26.8 Å². The molecule has 2 aromatic carbocycles. The third-order valence-corrected chi connectivity index (χ3v) is 5.99. The molecule has 2 atom stereocenters. The van der Waals surface area contributed by atoms with Crippen molar-refractivity contribution >= 4 is 11.7 Å². The maximum absolute atomic E-state index is 14.7. The van der Waals surface area contributed by atoms with Crippen molar-refractivity contribution in [2.45, 2.75) is 45.9 Å². The molecule has 0 spiro atoms. The van der Waals surface area contributed by atoms with Gasteiger partial charge in [-0.15, -0.1) is 25.7 Å². The van der Waals surface area contributed by atoms with Crippen LogP contribution in [-0.4, -0.2) is 65.8 Å². The SMILES string of the molecule is C#C.C#C.CC(C)(C)[C@H](C1N=C(c2cc(F)ccc2F)NN1Cc1cccc(C#N)c1)N(CCCN)C(=O)CO.CF. The fourth-order valence-corrected chi connectivity index (χ4v) is 4.40. The molecule has 3 rings (SSSR count). The normalized spacial score (nSPS) is 14.6. The molecule has 1 heterocycles. The number of rotatable bonds is 9. The Hall–Kier alpha value is -4.34. The fraction of sp³-hybridized carbons (Fsp3) is 0.387. The van der Waals surface area contributed by atoms with E-state index in [0.29, 0.717) is 32.3 Å². The molecular formula is C31H39F3N6O2. The van der Waals surface area contributed by atoms with Crippen LogP contribution in [0, 0.1) is 54.1 Å². The van der Waals surface area contributed by atoms with Crippen LogP contribution in [0.4, 0.5) is 13.2 Å². The molecule has 0 saturated heterocycles. The quantitative estimate of drug-likeness (QED) is 0.388. The van der Waals surface area contributed by atoms with Crippen molar-refractivity contribution in [3.05, 3.63) is 70.8 Å². The highest BCUT2D eigenvalue weighted by molar-refractivity contribution is 5.99. The van der Waals surface area contributed by atoms with Crippen molar-refractivity contribution in [2.75, 3.05) is 26.9 Å². The summed E-state index contributed by atoms with van der Waals surface area (Å²) in [5.41, 5.74) is 9.51. The summed E-state index contributed by atoms with van der Waals surface area (Å²) in [7, 11) is 0.500. The zero-order valence-corrected chi connectivity index (χ0v) is 24.4. The smallest absolute Gasteiger partial charge is 0.248 e. The summed E-state index contributed by atoms with van der Waals surface area (Å²) in [6, 6.07) is 11.7. The first-order chi connectivity index (χ1) is 20.1. The average molecular weight is 585 g/mol. The number of hydrogen-bond acceptors (Lipinski definition) is 7. The lowest BCUT2D eigenvalue weighted by Crippen LogP contribution is -2.59. The summed E-state index contributed by atoms with van der Waals surface area (Å²) in [6.45, 7) is 6.06. The number of benzene rings is 2. The van der Waals surface area contributed by atoms with Gasteiger partial charge in [-0.25, -0.2) is 13.8 Å². The molecule has 1 aliphatic rings. The van der Waals surface area contributed by atoms with Gasteiger partial charge in [-0.3, -0.25) is 9.18 Å². The summed E-state index contributed by atoms with van der Waals surface area (Å²) in [6.07, 6.45) is 15.8. The number of nitrogens with zero attached hydrogens (tertiary/aromatic N) is 4. The number of nitriles is 1. The molecule has 11 heteroatoms. The predicted octanol–water partition coefficient (Wildman–Crippen LogP) is 3.60. The number of nitrogens with two attached hydrogens (primary N) is 1. The number of carbonyl (C=O) groups is 1. The average Bonchev–Trinajstić information content (AvgIpc) is 3.40. The molecule has 8 nitrogen and oxygen atoms in total. The highest BCUT2D eigenvalue weighted by Gasteiger charge is 2.44. The summed E-state index contributed by atoms with van der Waals surface area (Å²) in [4.78, 5) is 19.2. The Balaban J connectivity index is 0.00000263. The van der Waals surface area contributed by atoms with Gasteiger partial charge in [-0.1, -0.05) is 32.9 Å². The number of carbonyl (C=O) groups excluding carboxylic acids is 1. The first-order valence-electron chi connectivity index (χ1n) is 12.8. The lowest BCUT2D eigenvalue weighted by molar-refractivity contribution is -0.141. The number of alkyl halides is 1. The maximum Gasteiger partial charge on any atom is 0.248 e. The van der Waals surface area contributed by atoms with Gasteiger partial charge in [0, 0.05) is 13.1 Å². The van der Waals surface area contributed by atoms with E-state index in [-0.39, 0.29) is 17.9 Å². The van der Waals surface area contributed by atoms with Crippen LogP contribution in [0.3, 0.4) is 0 Å². The van der Waals surface area contributed by atoms with Crippen molar-refractivity contribution < 1.29 is 23.1 Å². The van der Waals surface area contributed by atoms with Crippen LogP contribution in [0.15, 0.2) is 47.5 Å². The van der Waals surface area contributed by atoms with Crippen LogP contribution in [-0.2, 0) is 11.3 Å². The van der Waals surface area contributed by atoms with E-state index in [2.05, 4.69) is 37.2 Å². The van der Waals surface area contributed by atoms with E-state index in [0.717, 1.165) is 23.8 Å². The third-order valence-electron chi connectivity index (χ3n) is 5.99. The summed E-state index contributed by atoms with van der Waals surface area (Å²) in [5.74, 6) is -1.61. The number of hydrazine groups is 1. The summed E-state index contributed by atoms with van der Waals surface area (Å²) >= 11 is 0. The largest absolute Gasteiger partial charge is 0.387 e. The molecule has 2 aromatic rings. The Bertz CT molecular complexity index is 1240. The Labute approximate surface area is 247 Å². The number of amides is 1. The van der Waals surface area contributed by atoms with Gasteiger partial charge < -0.3 is 21.2 Å². The first kappa shape index (κ1) is 37.7. The Morgan fingerprint density at radius 2 is 1.83 bits per heavy atom. The van der Waals surface area contributed by atoms with Crippen LogP contribution >= 0.6 is 0 Å². The molecule has 0 saturated carbocycles. The van der Waals surface area contributed by atoms with Gasteiger partial charge in [-0.05, 0) is 54.3 Å². The molecule has 0 aromatic heterocycles. The van der Waals surface area contributed by atoms with Crippen molar-refractivity contribution in [1.29, 1.82) is 5.26 Å². The molecule has 4 N–H and O–H groups in total. The second-order valence-corrected chi connectivity index (χ2v) is 9.77. The minimum absolute atomic E-state index is 0.0390. The number of amidine groups is 1. The first-order valence-corrected chi connectivity index (χ1v) is 12.8. The van der Waals surface area contributed by atoms with Gasteiger partial charge in [-0.2, -0.15) is 10.3 Å². The van der Waals surface area contributed by atoms with E-state index in [1.165, 1.54) is 0 Å². The monoisotopic (exact) mass is 584 g/mol. The van der Waals surface area contributed by atoms with Crippen molar-refractivity contribution in [2.24, 2.45) is 16.1 Å². The standard InChI is InChI=1S/C26H32F2N6O2.2C2H2.CH3F/c1-26(2,3)23(33(11-5-10-29)22(36)16-35)25-31-24(20-13-19(27)8-9-21(20)28)32-34(25)15-18-7-4-6-17(12-18)14-30;3*1-2/h4,6-9,12-13,23,25,35H,5,10-11,15-16,29H2,1-3H3,(H,31,32);2*1-2H;1H3/t23-,25?;;;/m0.../s1. The number of aliphatic imine (C=N–C) groups is 1. The molecule has 1 unspecified atom stereocenters. The highest BCUT2D eigenvalue weighted by Crippen LogP contribution is 2.33. The van der Waals surface area contributed by atoms with Crippen molar-refractivity contribution in [1.82, 2.24) is 15.3 Å². The minimum Gasteiger partial charge on any atom is -0.387 e. The Morgan fingerprint density at radius 1 is 1.19 bits per heavy atom. The lowest BCUT2D eigenvalue weighted by Gasteiger charge is -2.44. The molecule has 1 aliphatic heterocycles. The van der Waals surface area contributed by atoms with E-state index in [9.17, 15) is 28.3 Å². The molecule has 42 heavy (non-hydrogen) atoms. The molecule has 1 amide bonds. The van der Waals surface area contributed by atoms with Gasteiger partial charge in [0.1, 0.15) is 30.2 Å². The number of terminal acetylenes is 2. The minimum atomic E-state index is -0.721. The van der Waals surface area contributed by atoms with Gasteiger partial charge >= 0.3 is 0 Å². The van der Waals surface area contributed by atoms with Gasteiger partial charge in [0.25, 0.3) is 0 Å². The van der Waals surface area contributed by atoms with E-state index in [1.54, 1.807) is 28.1 Å². The predicted molar refractivity (Wildman–Crippen MR) is 159 cm³/mol. The molecule has 0 radical (unpaired) electrons. The van der Waals surface area contributed by atoms with Crippen molar-refractivity contribution in [3.8, 4) is 31.8 Å².